The van der Waals surface area contributed by atoms with E-state index in [0.717, 1.165) is 43.8 Å². The number of anilines is 1. The fourth-order valence-corrected chi connectivity index (χ4v) is 4.75. The molecule has 0 amide bonds. The van der Waals surface area contributed by atoms with Gasteiger partial charge in [-0.25, -0.2) is 8.42 Å². The standard InChI is InChI=1S/C18H17F3N2O3S/c19-18(20,21)26-15-5-7-16(8-6-15)27(24,25)23-14-3-1-12(2-4-14)17-9-13(17)10-22-11-17/h1-8,13,22-23H,9-11H2/t13-,17?/m1/s1. The molecule has 0 bridgehead atoms. The summed E-state index contributed by atoms with van der Waals surface area (Å²) in [6.07, 6.45) is -3.67. The molecule has 2 N–H and O–H groups in total. The number of alkyl halides is 3. The van der Waals surface area contributed by atoms with Crippen molar-refractivity contribution in [3.05, 3.63) is 54.1 Å². The molecule has 1 aliphatic carbocycles. The van der Waals surface area contributed by atoms with E-state index in [4.69, 9.17) is 0 Å². The van der Waals surface area contributed by atoms with Gasteiger partial charge in [0.1, 0.15) is 5.75 Å². The number of hydrogen-bond acceptors (Lipinski definition) is 4. The highest BCUT2D eigenvalue weighted by molar-refractivity contribution is 7.92. The molecule has 2 fully saturated rings. The molecular weight excluding hydrogens is 381 g/mol. The number of sulfonamides is 1. The van der Waals surface area contributed by atoms with E-state index >= 15 is 0 Å². The summed E-state index contributed by atoms with van der Waals surface area (Å²) in [5.74, 6) is 0.173. The van der Waals surface area contributed by atoms with E-state index < -0.39 is 22.1 Å². The predicted molar refractivity (Wildman–Crippen MR) is 93.0 cm³/mol. The topological polar surface area (TPSA) is 67.4 Å². The maximum atomic E-state index is 12.4. The second kappa shape index (κ2) is 6.13. The molecule has 0 radical (unpaired) electrons. The molecule has 27 heavy (non-hydrogen) atoms. The summed E-state index contributed by atoms with van der Waals surface area (Å²) >= 11 is 0. The molecule has 5 nitrogen and oxygen atoms in total. The minimum absolute atomic E-state index is 0.151. The number of nitrogens with one attached hydrogen (secondary N) is 2. The fourth-order valence-electron chi connectivity index (χ4n) is 3.69. The number of piperidine rings is 1. The van der Waals surface area contributed by atoms with Crippen LogP contribution in [0.25, 0.3) is 0 Å². The number of halogens is 3. The summed E-state index contributed by atoms with van der Waals surface area (Å²) in [4.78, 5) is -0.151. The maximum Gasteiger partial charge on any atom is 0.573 e. The lowest BCUT2D eigenvalue weighted by atomic mass is 9.95. The number of rotatable bonds is 5. The summed E-state index contributed by atoms with van der Waals surface area (Å²) in [6.45, 7) is 1.96. The fraction of sp³-hybridized carbons (Fsp3) is 0.333. The van der Waals surface area contributed by atoms with E-state index in [-0.39, 0.29) is 10.3 Å². The van der Waals surface area contributed by atoms with Crippen LogP contribution in [0.1, 0.15) is 12.0 Å². The van der Waals surface area contributed by atoms with Gasteiger partial charge in [0.25, 0.3) is 10.0 Å². The number of benzene rings is 2. The summed E-state index contributed by atoms with van der Waals surface area (Å²) in [5.41, 5.74) is 1.77. The van der Waals surface area contributed by atoms with Gasteiger partial charge >= 0.3 is 6.36 Å². The quantitative estimate of drug-likeness (QED) is 0.812. The zero-order chi connectivity index (χ0) is 19.3. The molecule has 4 rings (SSSR count). The molecule has 2 aromatic carbocycles. The zero-order valence-electron chi connectivity index (χ0n) is 14.1. The van der Waals surface area contributed by atoms with Crippen LogP contribution in [0.5, 0.6) is 5.75 Å². The van der Waals surface area contributed by atoms with Crippen molar-refractivity contribution in [3.63, 3.8) is 0 Å². The summed E-state index contributed by atoms with van der Waals surface area (Å²) in [5, 5.41) is 3.36. The van der Waals surface area contributed by atoms with Crippen molar-refractivity contribution in [2.24, 2.45) is 5.92 Å². The molecule has 1 heterocycles. The molecule has 1 saturated heterocycles. The van der Waals surface area contributed by atoms with Crippen molar-refractivity contribution >= 4 is 15.7 Å². The average molecular weight is 398 g/mol. The second-order valence-electron chi connectivity index (χ2n) is 6.89. The van der Waals surface area contributed by atoms with Crippen molar-refractivity contribution in [2.45, 2.75) is 23.1 Å². The predicted octanol–water partition coefficient (Wildman–Crippen LogP) is 3.25. The highest BCUT2D eigenvalue weighted by Crippen LogP contribution is 2.56. The van der Waals surface area contributed by atoms with Crippen molar-refractivity contribution in [1.29, 1.82) is 0 Å². The van der Waals surface area contributed by atoms with E-state index in [0.29, 0.717) is 11.6 Å². The van der Waals surface area contributed by atoms with Gasteiger partial charge in [-0.2, -0.15) is 0 Å². The molecule has 2 atom stereocenters. The van der Waals surface area contributed by atoms with Gasteiger partial charge in [0.05, 0.1) is 4.90 Å². The van der Waals surface area contributed by atoms with Crippen molar-refractivity contribution in [1.82, 2.24) is 5.32 Å². The molecule has 2 aliphatic rings. The Hall–Kier alpha value is -2.26. The summed E-state index contributed by atoms with van der Waals surface area (Å²) < 4.78 is 67.6. The van der Waals surface area contributed by atoms with E-state index in [2.05, 4.69) is 14.8 Å². The second-order valence-corrected chi connectivity index (χ2v) is 8.57. The smallest absolute Gasteiger partial charge is 0.406 e. The Morgan fingerprint density at radius 3 is 2.26 bits per heavy atom. The van der Waals surface area contributed by atoms with Gasteiger partial charge in [0.15, 0.2) is 0 Å². The van der Waals surface area contributed by atoms with Gasteiger partial charge < -0.3 is 10.1 Å². The first kappa shape index (κ1) is 18.1. The third kappa shape index (κ3) is 3.61. The van der Waals surface area contributed by atoms with Crippen LogP contribution < -0.4 is 14.8 Å². The van der Waals surface area contributed by atoms with Gasteiger partial charge in [-0.1, -0.05) is 12.1 Å². The SMILES string of the molecule is O=S(=O)(Nc1ccc(C23CNC[C@H]2C3)cc1)c1ccc(OC(F)(F)F)cc1. The molecule has 0 spiro atoms. The third-order valence-electron chi connectivity index (χ3n) is 5.14. The van der Waals surface area contributed by atoms with Gasteiger partial charge in [-0.05, 0) is 60.8 Å². The van der Waals surface area contributed by atoms with Gasteiger partial charge in [-0.3, -0.25) is 4.72 Å². The van der Waals surface area contributed by atoms with Gasteiger partial charge in [-0.15, -0.1) is 13.2 Å². The minimum atomic E-state index is -4.82. The van der Waals surface area contributed by atoms with Crippen LogP contribution in [0.3, 0.4) is 0 Å². The molecule has 144 valence electrons. The van der Waals surface area contributed by atoms with E-state index in [1.165, 1.54) is 5.56 Å². The lowest BCUT2D eigenvalue weighted by Crippen LogP contribution is -2.19. The Bertz CT molecular complexity index is 943. The number of hydrogen-bond donors (Lipinski definition) is 2. The molecule has 2 aromatic rings. The monoisotopic (exact) mass is 398 g/mol. The Kier molecular flexibility index (Phi) is 4.12. The van der Waals surface area contributed by atoms with Crippen molar-refractivity contribution in [2.75, 3.05) is 17.8 Å². The lowest BCUT2D eigenvalue weighted by Gasteiger charge is -2.14. The molecular formula is C18H17F3N2O3S. The average Bonchev–Trinajstić information content (AvgIpc) is 3.15. The zero-order valence-corrected chi connectivity index (χ0v) is 14.9. The summed E-state index contributed by atoms with van der Waals surface area (Å²) in [7, 11) is -3.91. The first-order chi connectivity index (χ1) is 12.7. The summed E-state index contributed by atoms with van der Waals surface area (Å²) in [6, 6.07) is 11.3. The van der Waals surface area contributed by atoms with Crippen LogP contribution in [0.4, 0.5) is 18.9 Å². The van der Waals surface area contributed by atoms with E-state index in [9.17, 15) is 21.6 Å². The van der Waals surface area contributed by atoms with Crippen LogP contribution >= 0.6 is 0 Å². The van der Waals surface area contributed by atoms with Crippen LogP contribution in [0, 0.1) is 5.92 Å². The number of ether oxygens (including phenoxy) is 1. The first-order valence-corrected chi connectivity index (χ1v) is 9.86. The Morgan fingerprint density at radius 1 is 1.07 bits per heavy atom. The third-order valence-corrected chi connectivity index (χ3v) is 6.54. The maximum absolute atomic E-state index is 12.4. The van der Waals surface area contributed by atoms with Gasteiger partial charge in [0, 0.05) is 17.6 Å². The van der Waals surface area contributed by atoms with E-state index in [1.54, 1.807) is 12.1 Å². The van der Waals surface area contributed by atoms with Crippen LogP contribution in [0.2, 0.25) is 0 Å². The highest BCUT2D eigenvalue weighted by Gasteiger charge is 2.57. The number of fused-ring (bicyclic) bond motifs is 1. The molecule has 1 saturated carbocycles. The normalized spacial score (nSPS) is 24.3. The molecule has 1 unspecified atom stereocenters. The molecule has 0 aromatic heterocycles. The Labute approximate surface area is 154 Å². The Morgan fingerprint density at radius 2 is 1.74 bits per heavy atom. The lowest BCUT2D eigenvalue weighted by molar-refractivity contribution is -0.274. The van der Waals surface area contributed by atoms with E-state index in [1.807, 2.05) is 12.1 Å². The van der Waals surface area contributed by atoms with Crippen molar-refractivity contribution < 1.29 is 26.3 Å². The molecule has 9 heteroatoms. The molecule has 1 aliphatic heterocycles. The Balaban J connectivity index is 1.47. The van der Waals surface area contributed by atoms with Crippen LogP contribution in [-0.2, 0) is 15.4 Å². The van der Waals surface area contributed by atoms with Gasteiger partial charge in [0.2, 0.25) is 0 Å². The van der Waals surface area contributed by atoms with Crippen LogP contribution in [-0.4, -0.2) is 27.9 Å². The van der Waals surface area contributed by atoms with Crippen LogP contribution in [0.15, 0.2) is 53.4 Å². The largest absolute Gasteiger partial charge is 0.573 e. The minimum Gasteiger partial charge on any atom is -0.406 e. The first-order valence-electron chi connectivity index (χ1n) is 8.38. The van der Waals surface area contributed by atoms with Crippen molar-refractivity contribution in [3.8, 4) is 5.75 Å². The highest BCUT2D eigenvalue weighted by atomic mass is 32.2.